The van der Waals surface area contributed by atoms with Crippen LogP contribution in [0.5, 0.6) is 0 Å². The van der Waals surface area contributed by atoms with Gasteiger partial charge in [0.15, 0.2) is 0 Å². The van der Waals surface area contributed by atoms with Gasteiger partial charge in [-0.15, -0.1) is 0 Å². The molecule has 10 aromatic rings. The normalized spacial score (nSPS) is 11.5. The summed E-state index contributed by atoms with van der Waals surface area (Å²) < 4.78 is 6.47. The first kappa shape index (κ1) is 30.0. The first-order valence-electron chi connectivity index (χ1n) is 17.8. The zero-order valence-electron chi connectivity index (χ0n) is 28.4. The van der Waals surface area contributed by atoms with Crippen molar-refractivity contribution in [2.75, 3.05) is 4.90 Å². The molecule has 0 spiro atoms. The SMILES string of the molecule is c1ccc(-c2ccc(N(c3cccc(-c4cccc5ccccc45)c3-c3ccc4ccccc4c3)c3cccc4oc5ccccc5c34)cc2)cc1. The van der Waals surface area contributed by atoms with Crippen molar-refractivity contribution in [3.8, 4) is 33.4 Å². The molecule has 0 saturated carbocycles. The second-order valence-electron chi connectivity index (χ2n) is 13.3. The average molecular weight is 664 g/mol. The van der Waals surface area contributed by atoms with E-state index in [2.05, 4.69) is 199 Å². The Balaban J connectivity index is 1.30. The van der Waals surface area contributed by atoms with E-state index in [0.717, 1.165) is 44.6 Å². The maximum atomic E-state index is 6.47. The van der Waals surface area contributed by atoms with E-state index in [9.17, 15) is 0 Å². The van der Waals surface area contributed by atoms with Crippen molar-refractivity contribution in [3.63, 3.8) is 0 Å². The number of rotatable bonds is 6. The van der Waals surface area contributed by atoms with E-state index >= 15 is 0 Å². The number of furan rings is 1. The van der Waals surface area contributed by atoms with E-state index in [1.807, 2.05) is 6.07 Å². The third kappa shape index (κ3) is 5.04. The van der Waals surface area contributed by atoms with E-state index in [1.54, 1.807) is 0 Å². The minimum atomic E-state index is 0.863. The number of para-hydroxylation sites is 1. The van der Waals surface area contributed by atoms with Gasteiger partial charge in [-0.05, 0) is 91.8 Å². The highest BCUT2D eigenvalue weighted by Crippen LogP contribution is 2.49. The van der Waals surface area contributed by atoms with Crippen molar-refractivity contribution >= 4 is 60.5 Å². The van der Waals surface area contributed by atoms with Crippen molar-refractivity contribution in [3.05, 3.63) is 200 Å². The summed E-state index contributed by atoms with van der Waals surface area (Å²) in [4.78, 5) is 2.43. The van der Waals surface area contributed by atoms with Gasteiger partial charge >= 0.3 is 0 Å². The first-order chi connectivity index (χ1) is 25.8. The molecule has 2 heteroatoms. The fraction of sp³-hybridized carbons (Fsp3) is 0. The summed E-state index contributed by atoms with van der Waals surface area (Å²) >= 11 is 0. The van der Waals surface area contributed by atoms with Gasteiger partial charge < -0.3 is 9.32 Å². The lowest BCUT2D eigenvalue weighted by Crippen LogP contribution is -2.12. The van der Waals surface area contributed by atoms with E-state index in [4.69, 9.17) is 4.42 Å². The Morgan fingerprint density at radius 3 is 1.81 bits per heavy atom. The van der Waals surface area contributed by atoms with Crippen LogP contribution < -0.4 is 4.90 Å². The highest BCUT2D eigenvalue weighted by atomic mass is 16.3. The Kier molecular flexibility index (Phi) is 7.18. The monoisotopic (exact) mass is 663 g/mol. The lowest BCUT2D eigenvalue weighted by atomic mass is 9.88. The molecule has 1 aromatic heterocycles. The van der Waals surface area contributed by atoms with E-state index in [0.29, 0.717) is 0 Å². The molecule has 0 bridgehead atoms. The molecule has 52 heavy (non-hydrogen) atoms. The Hall–Kier alpha value is -6.90. The lowest BCUT2D eigenvalue weighted by molar-refractivity contribution is 0.669. The molecular formula is C50H33NO. The molecule has 244 valence electrons. The van der Waals surface area contributed by atoms with E-state index in [-0.39, 0.29) is 0 Å². The molecule has 0 aliphatic carbocycles. The smallest absolute Gasteiger partial charge is 0.137 e. The van der Waals surface area contributed by atoms with Crippen LogP contribution in [0.15, 0.2) is 205 Å². The van der Waals surface area contributed by atoms with Crippen LogP contribution in [-0.4, -0.2) is 0 Å². The number of anilines is 3. The van der Waals surface area contributed by atoms with Gasteiger partial charge in [-0.1, -0.05) is 158 Å². The van der Waals surface area contributed by atoms with Crippen molar-refractivity contribution in [1.82, 2.24) is 0 Å². The summed E-state index contributed by atoms with van der Waals surface area (Å²) in [6.07, 6.45) is 0. The summed E-state index contributed by atoms with van der Waals surface area (Å²) in [6, 6.07) is 71.8. The highest BCUT2D eigenvalue weighted by Gasteiger charge is 2.24. The largest absolute Gasteiger partial charge is 0.456 e. The summed E-state index contributed by atoms with van der Waals surface area (Å²) in [7, 11) is 0. The predicted octanol–water partition coefficient (Wildman–Crippen LogP) is 14.4. The summed E-state index contributed by atoms with van der Waals surface area (Å²) in [5.41, 5.74) is 12.0. The minimum Gasteiger partial charge on any atom is -0.456 e. The molecule has 0 atom stereocenters. The van der Waals surface area contributed by atoms with Crippen LogP contribution >= 0.6 is 0 Å². The zero-order valence-corrected chi connectivity index (χ0v) is 28.4. The first-order valence-corrected chi connectivity index (χ1v) is 17.8. The molecule has 1 heterocycles. The van der Waals surface area contributed by atoms with Crippen LogP contribution in [0.2, 0.25) is 0 Å². The lowest BCUT2D eigenvalue weighted by Gasteiger charge is -2.30. The van der Waals surface area contributed by atoms with Gasteiger partial charge in [0.1, 0.15) is 11.2 Å². The fourth-order valence-electron chi connectivity index (χ4n) is 7.84. The molecule has 9 aromatic carbocycles. The standard InChI is InChI=1S/C50H33NO/c1-2-13-34(14-3-1)36-29-31-40(32-30-36)51(46-24-12-26-48-50(46)44-20-8-9-25-47(44)52-48)45-23-11-22-43(42-21-10-18-37-16-6-7-19-41(37)42)49(45)39-28-27-35-15-4-5-17-38(35)33-39/h1-33H. The molecule has 0 fully saturated rings. The molecule has 2 nitrogen and oxygen atoms in total. The summed E-state index contributed by atoms with van der Waals surface area (Å²) in [5, 5.41) is 7.06. The molecule has 0 amide bonds. The van der Waals surface area contributed by atoms with Crippen LogP contribution in [0.25, 0.3) is 76.9 Å². The maximum absolute atomic E-state index is 6.47. The Bertz CT molecular complexity index is 2900. The number of hydrogen-bond donors (Lipinski definition) is 0. The molecule has 0 unspecified atom stereocenters. The number of fused-ring (bicyclic) bond motifs is 5. The van der Waals surface area contributed by atoms with Crippen LogP contribution in [0.3, 0.4) is 0 Å². The maximum Gasteiger partial charge on any atom is 0.137 e. The quantitative estimate of drug-likeness (QED) is 0.176. The highest BCUT2D eigenvalue weighted by molar-refractivity contribution is 6.15. The van der Waals surface area contributed by atoms with Crippen LogP contribution in [0.1, 0.15) is 0 Å². The molecule has 0 aliphatic heterocycles. The molecule has 0 aliphatic rings. The van der Waals surface area contributed by atoms with Crippen molar-refractivity contribution < 1.29 is 4.42 Å². The van der Waals surface area contributed by atoms with Gasteiger partial charge in [-0.25, -0.2) is 0 Å². The third-order valence-corrected chi connectivity index (χ3v) is 10.3. The molecule has 10 rings (SSSR count). The molecule has 0 saturated heterocycles. The third-order valence-electron chi connectivity index (χ3n) is 10.3. The molecule has 0 radical (unpaired) electrons. The molecular weight excluding hydrogens is 631 g/mol. The van der Waals surface area contributed by atoms with Crippen molar-refractivity contribution in [2.45, 2.75) is 0 Å². The topological polar surface area (TPSA) is 16.4 Å². The Labute approximate surface area is 302 Å². The number of nitrogens with zero attached hydrogens (tertiary/aromatic N) is 1. The average Bonchev–Trinajstić information content (AvgIpc) is 3.61. The zero-order chi connectivity index (χ0) is 34.4. The van der Waals surface area contributed by atoms with Gasteiger partial charge in [-0.2, -0.15) is 0 Å². The van der Waals surface area contributed by atoms with Crippen LogP contribution in [0.4, 0.5) is 17.1 Å². The summed E-state index contributed by atoms with van der Waals surface area (Å²) in [5.74, 6) is 0. The van der Waals surface area contributed by atoms with Gasteiger partial charge in [0.05, 0.1) is 16.8 Å². The van der Waals surface area contributed by atoms with Gasteiger partial charge in [0.2, 0.25) is 0 Å². The van der Waals surface area contributed by atoms with Gasteiger partial charge in [-0.3, -0.25) is 0 Å². The summed E-state index contributed by atoms with van der Waals surface area (Å²) in [6.45, 7) is 0. The van der Waals surface area contributed by atoms with E-state index in [1.165, 1.54) is 49.4 Å². The van der Waals surface area contributed by atoms with Gasteiger partial charge in [0.25, 0.3) is 0 Å². The predicted molar refractivity (Wildman–Crippen MR) is 220 cm³/mol. The number of benzene rings is 9. The second-order valence-corrected chi connectivity index (χ2v) is 13.3. The van der Waals surface area contributed by atoms with Crippen molar-refractivity contribution in [2.24, 2.45) is 0 Å². The van der Waals surface area contributed by atoms with E-state index < -0.39 is 0 Å². The van der Waals surface area contributed by atoms with Crippen molar-refractivity contribution in [1.29, 1.82) is 0 Å². The fourth-order valence-corrected chi connectivity index (χ4v) is 7.84. The van der Waals surface area contributed by atoms with Crippen LogP contribution in [-0.2, 0) is 0 Å². The second kappa shape index (κ2) is 12.5. The molecule has 0 N–H and O–H groups in total. The van der Waals surface area contributed by atoms with Crippen LogP contribution in [0, 0.1) is 0 Å². The number of hydrogen-bond acceptors (Lipinski definition) is 2. The van der Waals surface area contributed by atoms with Gasteiger partial charge in [0, 0.05) is 16.6 Å². The minimum absolute atomic E-state index is 0.863. The Morgan fingerprint density at radius 1 is 0.346 bits per heavy atom. The Morgan fingerprint density at radius 2 is 0.942 bits per heavy atom.